The van der Waals surface area contributed by atoms with Gasteiger partial charge in [0.1, 0.15) is 5.75 Å². The van der Waals surface area contributed by atoms with Gasteiger partial charge in [-0.3, -0.25) is 9.79 Å². The van der Waals surface area contributed by atoms with Gasteiger partial charge in [-0.25, -0.2) is 0 Å². The Bertz CT molecular complexity index is 642. The Morgan fingerprint density at radius 2 is 2.22 bits per heavy atom. The predicted octanol–water partition coefficient (Wildman–Crippen LogP) is 1.88. The van der Waals surface area contributed by atoms with E-state index in [2.05, 4.69) is 40.7 Å². The molecule has 2 atom stereocenters. The number of aryl methyl sites for hydroxylation is 1. The molecule has 7 nitrogen and oxygen atoms in total. The molecular formula is C20H31N3O4. The van der Waals surface area contributed by atoms with Crippen molar-refractivity contribution in [3.05, 3.63) is 29.3 Å². The van der Waals surface area contributed by atoms with Crippen LogP contribution in [0.4, 0.5) is 0 Å². The number of carbonyl (C=O) groups is 1. The lowest BCUT2D eigenvalue weighted by molar-refractivity contribution is -0.144. The summed E-state index contributed by atoms with van der Waals surface area (Å²) in [5.74, 6) is 1.47. The Kier molecular flexibility index (Phi) is 8.39. The number of methoxy groups -OCH3 is 1. The SMILES string of the molecule is CN=C(NCc1ccc(C)cc1OCC1CCOC1)NCC(C)C(=O)OC. The third-order valence-corrected chi connectivity index (χ3v) is 4.57. The van der Waals surface area contributed by atoms with Gasteiger partial charge in [0.25, 0.3) is 0 Å². The summed E-state index contributed by atoms with van der Waals surface area (Å²) in [7, 11) is 3.09. The predicted molar refractivity (Wildman–Crippen MR) is 105 cm³/mol. The maximum absolute atomic E-state index is 11.5. The number of carbonyl (C=O) groups excluding carboxylic acids is 1. The monoisotopic (exact) mass is 377 g/mol. The minimum atomic E-state index is -0.250. The number of benzene rings is 1. The van der Waals surface area contributed by atoms with Crippen LogP contribution in [-0.4, -0.2) is 52.5 Å². The number of nitrogens with one attached hydrogen (secondary N) is 2. The Hall–Kier alpha value is -2.28. The molecule has 1 aliphatic heterocycles. The standard InChI is InChI=1S/C20H31N3O4/c1-14-5-6-17(18(9-14)27-13-16-7-8-26-12-16)11-23-20(21-3)22-10-15(2)19(24)25-4/h5-6,9,15-16H,7-8,10-13H2,1-4H3,(H2,21,22,23). The van der Waals surface area contributed by atoms with Crippen LogP contribution in [-0.2, 0) is 20.8 Å². The van der Waals surface area contributed by atoms with Crippen molar-refractivity contribution in [1.29, 1.82) is 0 Å². The maximum Gasteiger partial charge on any atom is 0.310 e. The molecule has 1 saturated heterocycles. The molecule has 0 radical (unpaired) electrons. The topological polar surface area (TPSA) is 81.2 Å². The van der Waals surface area contributed by atoms with E-state index in [0.717, 1.165) is 36.5 Å². The summed E-state index contributed by atoms with van der Waals surface area (Å²) in [4.78, 5) is 15.7. The van der Waals surface area contributed by atoms with Gasteiger partial charge < -0.3 is 24.8 Å². The van der Waals surface area contributed by atoms with E-state index in [1.165, 1.54) is 7.11 Å². The van der Waals surface area contributed by atoms with Crippen molar-refractivity contribution in [2.45, 2.75) is 26.8 Å². The number of hydrogen-bond acceptors (Lipinski definition) is 5. The van der Waals surface area contributed by atoms with Crippen LogP contribution in [0.25, 0.3) is 0 Å². The molecule has 0 amide bonds. The second-order valence-corrected chi connectivity index (χ2v) is 6.88. The molecule has 1 aromatic carbocycles. The summed E-state index contributed by atoms with van der Waals surface area (Å²) in [6.45, 7) is 7.15. The van der Waals surface area contributed by atoms with E-state index >= 15 is 0 Å². The zero-order valence-electron chi connectivity index (χ0n) is 16.7. The van der Waals surface area contributed by atoms with Crippen LogP contribution >= 0.6 is 0 Å². The first kappa shape index (κ1) is 21.0. The van der Waals surface area contributed by atoms with E-state index in [4.69, 9.17) is 14.2 Å². The van der Waals surface area contributed by atoms with Crippen LogP contribution in [0.5, 0.6) is 5.75 Å². The molecule has 0 aromatic heterocycles. The summed E-state index contributed by atoms with van der Waals surface area (Å²) in [5.41, 5.74) is 2.22. The van der Waals surface area contributed by atoms with Gasteiger partial charge in [0.2, 0.25) is 0 Å². The zero-order chi connectivity index (χ0) is 19.6. The van der Waals surface area contributed by atoms with Gasteiger partial charge in [-0.05, 0) is 25.0 Å². The second-order valence-electron chi connectivity index (χ2n) is 6.88. The molecule has 1 aromatic rings. The zero-order valence-corrected chi connectivity index (χ0v) is 16.7. The van der Waals surface area contributed by atoms with Crippen molar-refractivity contribution in [2.24, 2.45) is 16.8 Å². The molecule has 1 heterocycles. The maximum atomic E-state index is 11.5. The van der Waals surface area contributed by atoms with Crippen LogP contribution in [0.15, 0.2) is 23.2 Å². The third kappa shape index (κ3) is 6.75. The van der Waals surface area contributed by atoms with Crippen LogP contribution in [0.2, 0.25) is 0 Å². The highest BCUT2D eigenvalue weighted by atomic mass is 16.5. The van der Waals surface area contributed by atoms with Crippen molar-refractivity contribution in [1.82, 2.24) is 10.6 Å². The van der Waals surface area contributed by atoms with E-state index in [9.17, 15) is 4.79 Å². The minimum Gasteiger partial charge on any atom is -0.493 e. The number of ether oxygens (including phenoxy) is 3. The van der Waals surface area contributed by atoms with E-state index in [1.54, 1.807) is 7.05 Å². The Balaban J connectivity index is 1.90. The molecule has 2 unspecified atom stereocenters. The molecule has 0 saturated carbocycles. The van der Waals surface area contributed by atoms with Crippen molar-refractivity contribution in [2.75, 3.05) is 40.5 Å². The molecule has 2 rings (SSSR count). The average Bonchev–Trinajstić information content (AvgIpc) is 3.20. The fraction of sp³-hybridized carbons (Fsp3) is 0.600. The molecule has 1 aliphatic rings. The molecule has 150 valence electrons. The van der Waals surface area contributed by atoms with Crippen molar-refractivity contribution in [3.63, 3.8) is 0 Å². The smallest absolute Gasteiger partial charge is 0.310 e. The largest absolute Gasteiger partial charge is 0.493 e. The molecule has 0 spiro atoms. The lowest BCUT2D eigenvalue weighted by Gasteiger charge is -2.17. The summed E-state index contributed by atoms with van der Waals surface area (Å²) in [6.07, 6.45) is 1.05. The summed E-state index contributed by atoms with van der Waals surface area (Å²) >= 11 is 0. The normalized spacial score (nSPS) is 18.1. The summed E-state index contributed by atoms with van der Waals surface area (Å²) in [6, 6.07) is 6.19. The Morgan fingerprint density at radius 3 is 2.89 bits per heavy atom. The highest BCUT2D eigenvalue weighted by Crippen LogP contribution is 2.22. The van der Waals surface area contributed by atoms with Crippen LogP contribution in [0, 0.1) is 18.8 Å². The van der Waals surface area contributed by atoms with Gasteiger partial charge in [-0.15, -0.1) is 0 Å². The molecule has 7 heteroatoms. The summed E-state index contributed by atoms with van der Waals surface area (Å²) in [5, 5.41) is 6.41. The first-order valence-corrected chi connectivity index (χ1v) is 9.36. The van der Waals surface area contributed by atoms with Gasteiger partial charge in [-0.2, -0.15) is 0 Å². The number of nitrogens with zero attached hydrogens (tertiary/aromatic N) is 1. The molecule has 0 aliphatic carbocycles. The van der Waals surface area contributed by atoms with E-state index in [1.807, 2.05) is 6.92 Å². The molecule has 2 N–H and O–H groups in total. The lowest BCUT2D eigenvalue weighted by Crippen LogP contribution is -2.40. The third-order valence-electron chi connectivity index (χ3n) is 4.57. The number of esters is 1. The van der Waals surface area contributed by atoms with Crippen molar-refractivity contribution >= 4 is 11.9 Å². The highest BCUT2D eigenvalue weighted by Gasteiger charge is 2.17. The number of hydrogen-bond donors (Lipinski definition) is 2. The van der Waals surface area contributed by atoms with Crippen LogP contribution in [0.3, 0.4) is 0 Å². The van der Waals surface area contributed by atoms with E-state index in [0.29, 0.717) is 31.6 Å². The fourth-order valence-corrected chi connectivity index (χ4v) is 2.80. The quantitative estimate of drug-likeness (QED) is 0.409. The molecule has 27 heavy (non-hydrogen) atoms. The van der Waals surface area contributed by atoms with Crippen LogP contribution < -0.4 is 15.4 Å². The Labute approximate surface area is 161 Å². The van der Waals surface area contributed by atoms with Gasteiger partial charge in [0.15, 0.2) is 5.96 Å². The van der Waals surface area contributed by atoms with Crippen LogP contribution in [0.1, 0.15) is 24.5 Å². The van der Waals surface area contributed by atoms with E-state index in [-0.39, 0.29) is 11.9 Å². The second kappa shape index (κ2) is 10.8. The number of aliphatic imine (C=N–C) groups is 1. The molecular weight excluding hydrogens is 346 g/mol. The van der Waals surface area contributed by atoms with Crippen molar-refractivity contribution < 1.29 is 19.0 Å². The fourth-order valence-electron chi connectivity index (χ4n) is 2.80. The Morgan fingerprint density at radius 1 is 1.41 bits per heavy atom. The molecule has 0 bridgehead atoms. The lowest BCUT2D eigenvalue weighted by atomic mass is 10.1. The average molecular weight is 377 g/mol. The number of guanidine groups is 1. The first-order valence-electron chi connectivity index (χ1n) is 9.36. The number of rotatable bonds is 8. The van der Waals surface area contributed by atoms with Gasteiger partial charge in [-0.1, -0.05) is 19.1 Å². The van der Waals surface area contributed by atoms with E-state index < -0.39 is 0 Å². The molecule has 1 fully saturated rings. The minimum absolute atomic E-state index is 0.247. The van der Waals surface area contributed by atoms with Gasteiger partial charge in [0, 0.05) is 38.2 Å². The highest BCUT2D eigenvalue weighted by molar-refractivity contribution is 5.80. The van der Waals surface area contributed by atoms with Crippen molar-refractivity contribution in [3.8, 4) is 5.75 Å². The first-order chi connectivity index (χ1) is 13.0. The van der Waals surface area contributed by atoms with Gasteiger partial charge >= 0.3 is 5.97 Å². The summed E-state index contributed by atoms with van der Waals surface area (Å²) < 4.78 is 16.2. The van der Waals surface area contributed by atoms with Gasteiger partial charge in [0.05, 0.1) is 26.2 Å².